The molecule has 1 aromatic rings. The van der Waals surface area contributed by atoms with E-state index in [0.717, 1.165) is 13.1 Å². The molecular weight excluding hydrogens is 220 g/mol. The second-order valence-electron chi connectivity index (χ2n) is 5.67. The third-order valence-electron chi connectivity index (χ3n) is 4.28. The van der Waals surface area contributed by atoms with E-state index in [9.17, 15) is 0 Å². The minimum atomic E-state index is 1.12. The zero-order valence-electron chi connectivity index (χ0n) is 11.3. The van der Waals surface area contributed by atoms with Crippen molar-refractivity contribution in [3.05, 3.63) is 29.3 Å². The fourth-order valence-corrected chi connectivity index (χ4v) is 3.25. The molecule has 0 spiro atoms. The van der Waals surface area contributed by atoms with Gasteiger partial charge in [0.15, 0.2) is 0 Å². The van der Waals surface area contributed by atoms with Crippen LogP contribution in [0.4, 0.5) is 5.69 Å². The number of hydrogen-bond acceptors (Lipinski definition) is 2. The lowest BCUT2D eigenvalue weighted by Gasteiger charge is -2.25. The summed E-state index contributed by atoms with van der Waals surface area (Å²) in [4.78, 5) is 2.65. The van der Waals surface area contributed by atoms with Gasteiger partial charge in [0, 0.05) is 18.8 Å². The third-order valence-corrected chi connectivity index (χ3v) is 4.28. The van der Waals surface area contributed by atoms with Crippen LogP contribution in [0.1, 0.15) is 43.2 Å². The highest BCUT2D eigenvalue weighted by atomic mass is 15.1. The zero-order valence-corrected chi connectivity index (χ0v) is 11.3. The van der Waals surface area contributed by atoms with Crippen LogP contribution < -0.4 is 5.32 Å². The van der Waals surface area contributed by atoms with Crippen LogP contribution in [0, 0.1) is 0 Å². The van der Waals surface area contributed by atoms with Crippen LogP contribution >= 0.6 is 0 Å². The molecule has 0 atom stereocenters. The van der Waals surface area contributed by atoms with E-state index in [1.165, 1.54) is 68.4 Å². The average molecular weight is 244 g/mol. The number of nitrogens with one attached hydrogen (secondary N) is 1. The van der Waals surface area contributed by atoms with Crippen LogP contribution in [-0.4, -0.2) is 24.5 Å². The van der Waals surface area contributed by atoms with E-state index in [1.807, 2.05) is 0 Å². The number of benzene rings is 1. The monoisotopic (exact) mass is 244 g/mol. The molecule has 0 aliphatic carbocycles. The van der Waals surface area contributed by atoms with E-state index in [-0.39, 0.29) is 0 Å². The molecule has 98 valence electrons. The van der Waals surface area contributed by atoms with Gasteiger partial charge in [0.2, 0.25) is 0 Å². The number of hydrogen-bond donors (Lipinski definition) is 1. The number of anilines is 1. The summed E-state index contributed by atoms with van der Waals surface area (Å²) in [5, 5.41) is 3.56. The van der Waals surface area contributed by atoms with Gasteiger partial charge >= 0.3 is 0 Å². The lowest BCUT2D eigenvalue weighted by Crippen LogP contribution is -2.27. The fourth-order valence-electron chi connectivity index (χ4n) is 3.25. The second kappa shape index (κ2) is 5.75. The number of likely N-dealkylation sites (tertiary alicyclic amines) is 1. The summed E-state index contributed by atoms with van der Waals surface area (Å²) < 4.78 is 0. The Bertz CT molecular complexity index is 392. The predicted molar refractivity (Wildman–Crippen MR) is 77.0 cm³/mol. The van der Waals surface area contributed by atoms with Crippen molar-refractivity contribution in [3.63, 3.8) is 0 Å². The molecule has 0 radical (unpaired) electrons. The van der Waals surface area contributed by atoms with Gasteiger partial charge in [0.05, 0.1) is 0 Å². The van der Waals surface area contributed by atoms with Gasteiger partial charge in [-0.05, 0) is 43.5 Å². The summed E-state index contributed by atoms with van der Waals surface area (Å²) in [7, 11) is 0. The van der Waals surface area contributed by atoms with Gasteiger partial charge in [0.25, 0.3) is 0 Å². The van der Waals surface area contributed by atoms with Gasteiger partial charge in [-0.25, -0.2) is 0 Å². The van der Waals surface area contributed by atoms with Crippen LogP contribution in [0.15, 0.2) is 18.2 Å². The highest BCUT2D eigenvalue weighted by Gasteiger charge is 2.16. The minimum absolute atomic E-state index is 1.12. The maximum absolute atomic E-state index is 3.56. The number of nitrogens with zero attached hydrogens (tertiary/aromatic N) is 1. The van der Waals surface area contributed by atoms with E-state index in [2.05, 4.69) is 28.4 Å². The molecule has 0 saturated carbocycles. The van der Waals surface area contributed by atoms with E-state index in [1.54, 1.807) is 0 Å². The average Bonchev–Trinajstić information content (AvgIpc) is 2.81. The molecule has 2 heteroatoms. The minimum Gasteiger partial charge on any atom is -0.384 e. The standard InChI is InChI=1S/C16H24N2/c1-2-4-11-18(12-5-3-1)13-15-8-6-7-14-9-10-17-16(14)15/h6-8,17H,1-5,9-13H2. The van der Waals surface area contributed by atoms with Crippen molar-refractivity contribution >= 4 is 5.69 Å². The second-order valence-corrected chi connectivity index (χ2v) is 5.67. The van der Waals surface area contributed by atoms with Crippen LogP contribution in [0.3, 0.4) is 0 Å². The number of rotatable bonds is 2. The van der Waals surface area contributed by atoms with Crippen molar-refractivity contribution in [1.82, 2.24) is 4.90 Å². The summed E-state index contributed by atoms with van der Waals surface area (Å²) in [6, 6.07) is 6.80. The van der Waals surface area contributed by atoms with Gasteiger partial charge in [0.1, 0.15) is 0 Å². The first-order valence-electron chi connectivity index (χ1n) is 7.50. The lowest BCUT2D eigenvalue weighted by molar-refractivity contribution is 0.240. The Morgan fingerprint density at radius 1 is 1.00 bits per heavy atom. The molecule has 3 rings (SSSR count). The SMILES string of the molecule is c1cc2c(c(CN3CCCCCCC3)c1)NCC2. The first-order chi connectivity index (χ1) is 8.93. The summed E-state index contributed by atoms with van der Waals surface area (Å²) in [5.74, 6) is 0. The molecular formula is C16H24N2. The number of para-hydroxylation sites is 1. The van der Waals surface area contributed by atoms with Crippen molar-refractivity contribution in [2.75, 3.05) is 25.0 Å². The van der Waals surface area contributed by atoms with E-state index in [0.29, 0.717) is 0 Å². The van der Waals surface area contributed by atoms with Gasteiger partial charge in [-0.15, -0.1) is 0 Å². The Morgan fingerprint density at radius 3 is 2.61 bits per heavy atom. The molecule has 0 unspecified atom stereocenters. The van der Waals surface area contributed by atoms with Crippen molar-refractivity contribution in [2.24, 2.45) is 0 Å². The molecule has 2 aliphatic rings. The van der Waals surface area contributed by atoms with Crippen LogP contribution in [0.2, 0.25) is 0 Å². The first-order valence-corrected chi connectivity index (χ1v) is 7.50. The van der Waals surface area contributed by atoms with Crippen molar-refractivity contribution < 1.29 is 0 Å². The molecule has 18 heavy (non-hydrogen) atoms. The Kier molecular flexibility index (Phi) is 3.84. The van der Waals surface area contributed by atoms with Crippen LogP contribution in [0.25, 0.3) is 0 Å². The largest absolute Gasteiger partial charge is 0.384 e. The lowest BCUT2D eigenvalue weighted by atomic mass is 10.1. The van der Waals surface area contributed by atoms with Crippen molar-refractivity contribution in [1.29, 1.82) is 0 Å². The van der Waals surface area contributed by atoms with E-state index in [4.69, 9.17) is 0 Å². The summed E-state index contributed by atoms with van der Waals surface area (Å²) in [6.07, 6.45) is 8.23. The molecule has 1 saturated heterocycles. The molecule has 1 aromatic carbocycles. The van der Waals surface area contributed by atoms with Gasteiger partial charge in [-0.1, -0.05) is 37.5 Å². The van der Waals surface area contributed by atoms with Gasteiger partial charge < -0.3 is 5.32 Å². The Labute approximate surface area is 110 Å². The smallest absolute Gasteiger partial charge is 0.0419 e. The van der Waals surface area contributed by atoms with Gasteiger partial charge in [-0.3, -0.25) is 4.90 Å². The molecule has 1 fully saturated rings. The normalized spacial score (nSPS) is 20.9. The maximum atomic E-state index is 3.56. The molecule has 2 aliphatic heterocycles. The predicted octanol–water partition coefficient (Wildman–Crippen LogP) is 3.42. The molecule has 0 aromatic heterocycles. The van der Waals surface area contributed by atoms with Crippen LogP contribution in [0.5, 0.6) is 0 Å². The molecule has 1 N–H and O–H groups in total. The zero-order chi connectivity index (χ0) is 12.2. The van der Waals surface area contributed by atoms with Crippen molar-refractivity contribution in [2.45, 2.75) is 45.1 Å². The number of fused-ring (bicyclic) bond motifs is 1. The summed E-state index contributed by atoms with van der Waals surface area (Å²) in [5.41, 5.74) is 4.45. The Morgan fingerprint density at radius 2 is 1.78 bits per heavy atom. The molecule has 0 amide bonds. The third kappa shape index (κ3) is 2.69. The summed E-state index contributed by atoms with van der Waals surface area (Å²) in [6.45, 7) is 4.82. The highest BCUT2D eigenvalue weighted by Crippen LogP contribution is 2.27. The van der Waals surface area contributed by atoms with Crippen molar-refractivity contribution in [3.8, 4) is 0 Å². The van der Waals surface area contributed by atoms with E-state index >= 15 is 0 Å². The van der Waals surface area contributed by atoms with E-state index < -0.39 is 0 Å². The maximum Gasteiger partial charge on any atom is 0.0419 e. The quantitative estimate of drug-likeness (QED) is 0.857. The Balaban J connectivity index is 1.69. The van der Waals surface area contributed by atoms with Gasteiger partial charge in [-0.2, -0.15) is 0 Å². The highest BCUT2D eigenvalue weighted by molar-refractivity contribution is 5.61. The van der Waals surface area contributed by atoms with Crippen LogP contribution in [-0.2, 0) is 13.0 Å². The fraction of sp³-hybridized carbons (Fsp3) is 0.625. The molecule has 2 nitrogen and oxygen atoms in total. The Hall–Kier alpha value is -1.02. The molecule has 0 bridgehead atoms. The summed E-state index contributed by atoms with van der Waals surface area (Å²) >= 11 is 0. The topological polar surface area (TPSA) is 15.3 Å². The first kappa shape index (κ1) is 12.0. The molecule has 2 heterocycles.